The van der Waals surface area contributed by atoms with Gasteiger partial charge in [-0.1, -0.05) is 6.42 Å². The van der Waals surface area contributed by atoms with Gasteiger partial charge in [-0.3, -0.25) is 4.79 Å². The van der Waals surface area contributed by atoms with E-state index in [1.54, 1.807) is 12.1 Å². The third-order valence-corrected chi connectivity index (χ3v) is 3.77. The van der Waals surface area contributed by atoms with E-state index in [0.29, 0.717) is 11.3 Å². The number of ether oxygens (including phenoxy) is 2. The van der Waals surface area contributed by atoms with Crippen LogP contribution in [0.3, 0.4) is 0 Å². The number of benzene rings is 1. The maximum atomic E-state index is 12.8. The average molecular weight is 454 g/mol. The summed E-state index contributed by atoms with van der Waals surface area (Å²) in [6.45, 7) is -0.711. The topological polar surface area (TPSA) is 38.8 Å². The van der Waals surface area contributed by atoms with Gasteiger partial charge in [0.05, 0.1) is 6.54 Å². The van der Waals surface area contributed by atoms with Gasteiger partial charge in [0, 0.05) is 39.8 Å². The Hall–Kier alpha value is -0.266. The molecular weight excluding hydrogens is 440 g/mol. The minimum absolute atomic E-state index is 0. The van der Waals surface area contributed by atoms with Crippen LogP contribution in [-0.4, -0.2) is 43.1 Å². The Balaban J connectivity index is 0.00000288. The monoisotopic (exact) mass is 453 g/mol. The fourth-order valence-electron chi connectivity index (χ4n) is 2.11. The smallest absolute Gasteiger partial charge is 0.256 e. The summed E-state index contributed by atoms with van der Waals surface area (Å²) in [5.74, 6) is -0.129. The number of methoxy groups -OCH3 is 1. The molecule has 129 valence electrons. The predicted molar refractivity (Wildman–Crippen MR) is 82.6 cm³/mol. The van der Waals surface area contributed by atoms with Crippen LogP contribution in [-0.2, 0) is 42.2 Å². The molecular formula is C15H14Cl2F2NO3Y-. The van der Waals surface area contributed by atoms with Crippen LogP contribution in [0.25, 0.3) is 5.70 Å². The molecule has 2 rings (SSSR count). The first-order valence-corrected chi connectivity index (χ1v) is 7.51. The van der Waals surface area contributed by atoms with Gasteiger partial charge >= 0.3 is 0 Å². The number of halogens is 4. The summed E-state index contributed by atoms with van der Waals surface area (Å²) in [5.41, 5.74) is 0.615. The molecule has 0 fully saturated rings. The average Bonchev–Trinajstić information content (AvgIpc) is 2.50. The van der Waals surface area contributed by atoms with Crippen molar-refractivity contribution in [2.75, 3.05) is 20.4 Å². The van der Waals surface area contributed by atoms with Crippen LogP contribution in [0.5, 0.6) is 5.75 Å². The van der Waals surface area contributed by atoms with Crippen molar-refractivity contribution in [3.05, 3.63) is 34.9 Å². The maximum absolute atomic E-state index is 12.8. The quantitative estimate of drug-likeness (QED) is 0.375. The maximum Gasteiger partial charge on any atom is 0.256 e. The van der Waals surface area contributed by atoms with Crippen molar-refractivity contribution in [1.82, 2.24) is 4.90 Å². The second-order valence-corrected chi connectivity index (χ2v) is 5.66. The number of amides is 1. The summed E-state index contributed by atoms with van der Waals surface area (Å²) in [6, 6.07) is 4.70. The molecule has 9 heteroatoms. The first-order chi connectivity index (χ1) is 10.9. The fraction of sp³-hybridized carbons (Fsp3) is 0.400. The number of carbonyl (C=O) groups is 1. The molecule has 1 atom stereocenters. The molecule has 1 radical (unpaired) electrons. The first-order valence-electron chi connectivity index (χ1n) is 6.70. The Morgan fingerprint density at radius 1 is 1.46 bits per heavy atom. The summed E-state index contributed by atoms with van der Waals surface area (Å²) < 4.78 is 35.6. The van der Waals surface area contributed by atoms with E-state index in [1.165, 1.54) is 13.2 Å². The number of alkyl halides is 3. The van der Waals surface area contributed by atoms with Crippen molar-refractivity contribution in [1.29, 1.82) is 0 Å². The molecule has 0 bridgehead atoms. The van der Waals surface area contributed by atoms with Crippen molar-refractivity contribution in [3.8, 4) is 5.75 Å². The number of carbonyl (C=O) groups excluding carboxylic acids is 1. The van der Waals surface area contributed by atoms with E-state index in [-0.39, 0.29) is 56.6 Å². The zero-order valence-corrected chi connectivity index (χ0v) is 17.1. The molecule has 0 aromatic heterocycles. The summed E-state index contributed by atoms with van der Waals surface area (Å²) in [7, 11) is 1.48. The Labute approximate surface area is 173 Å². The van der Waals surface area contributed by atoms with Gasteiger partial charge in [-0.25, -0.2) is 14.9 Å². The molecule has 24 heavy (non-hydrogen) atoms. The molecule has 1 aromatic carbocycles. The third kappa shape index (κ3) is 5.36. The van der Waals surface area contributed by atoms with E-state index in [4.69, 9.17) is 32.7 Å². The molecule has 4 nitrogen and oxygen atoms in total. The largest absolute Gasteiger partial charge is 0.468 e. The molecule has 0 saturated carbocycles. The summed E-state index contributed by atoms with van der Waals surface area (Å²) >= 11 is 12.0. The Bertz CT molecular complexity index is 616. The third-order valence-electron chi connectivity index (χ3n) is 3.11. The molecule has 1 unspecified atom stereocenters. The van der Waals surface area contributed by atoms with Crippen LogP contribution in [0.1, 0.15) is 12.0 Å². The molecule has 1 heterocycles. The summed E-state index contributed by atoms with van der Waals surface area (Å²) in [4.78, 5) is 13.0. The van der Waals surface area contributed by atoms with Crippen LogP contribution in [0.15, 0.2) is 18.2 Å². The van der Waals surface area contributed by atoms with E-state index in [1.807, 2.05) is 0 Å². The normalized spacial score (nSPS) is 17.6. The van der Waals surface area contributed by atoms with E-state index in [2.05, 4.69) is 6.08 Å². The minimum Gasteiger partial charge on any atom is -0.468 e. The standard InChI is InChI=1S/C15H14Cl2F2NO3.Y/c1-22-8-23-9-2-3-10(12(17)6-9)13-5-4-11(16)15(21)20(13)7-14(18)19;/h2-3,6,11,14H,4,7-8H2,1H3;/q-1;. The van der Waals surface area contributed by atoms with Crippen LogP contribution in [0.2, 0.25) is 5.02 Å². The van der Waals surface area contributed by atoms with Crippen molar-refractivity contribution in [3.63, 3.8) is 0 Å². The van der Waals surface area contributed by atoms with Crippen LogP contribution < -0.4 is 4.74 Å². The summed E-state index contributed by atoms with van der Waals surface area (Å²) in [5, 5.41) is -0.651. The molecule has 0 spiro atoms. The molecule has 0 saturated heterocycles. The van der Waals surface area contributed by atoms with Crippen LogP contribution in [0, 0.1) is 6.08 Å². The minimum atomic E-state index is -2.69. The van der Waals surface area contributed by atoms with E-state index in [0.717, 1.165) is 4.90 Å². The first kappa shape index (κ1) is 21.8. The van der Waals surface area contributed by atoms with Gasteiger partial charge in [-0.15, -0.1) is 40.5 Å². The fourth-order valence-corrected chi connectivity index (χ4v) is 2.57. The molecule has 0 N–H and O–H groups in total. The number of hydrogen-bond donors (Lipinski definition) is 0. The zero-order chi connectivity index (χ0) is 17.0. The van der Waals surface area contributed by atoms with Gasteiger partial charge in [0.1, 0.15) is 11.1 Å². The van der Waals surface area contributed by atoms with E-state index >= 15 is 0 Å². The van der Waals surface area contributed by atoms with Crippen molar-refractivity contribution >= 4 is 34.8 Å². The number of nitrogens with zero attached hydrogens (tertiary/aromatic N) is 1. The molecule has 0 aliphatic carbocycles. The second kappa shape index (κ2) is 10.0. The molecule has 1 aromatic rings. The summed E-state index contributed by atoms with van der Waals surface area (Å²) in [6.07, 6.45) is 0.320. The van der Waals surface area contributed by atoms with Crippen LogP contribution in [0.4, 0.5) is 8.78 Å². The molecule has 1 aliphatic rings. The van der Waals surface area contributed by atoms with Gasteiger partial charge in [-0.05, 0) is 17.2 Å². The van der Waals surface area contributed by atoms with Crippen molar-refractivity contribution in [2.24, 2.45) is 0 Å². The van der Waals surface area contributed by atoms with Gasteiger partial charge in [0.2, 0.25) is 5.91 Å². The number of allylic oxidation sites excluding steroid dienone is 1. The van der Waals surface area contributed by atoms with Crippen LogP contribution >= 0.6 is 23.2 Å². The number of rotatable bonds is 6. The predicted octanol–water partition coefficient (Wildman–Crippen LogP) is 3.57. The van der Waals surface area contributed by atoms with E-state index in [9.17, 15) is 13.6 Å². The molecule has 1 aliphatic heterocycles. The Kier molecular flexibility index (Phi) is 9.09. The van der Waals surface area contributed by atoms with Gasteiger partial charge in [0.25, 0.3) is 6.43 Å². The second-order valence-electron chi connectivity index (χ2n) is 4.73. The van der Waals surface area contributed by atoms with Gasteiger partial charge in [-0.2, -0.15) is 0 Å². The zero-order valence-electron chi connectivity index (χ0n) is 12.8. The van der Waals surface area contributed by atoms with Gasteiger partial charge < -0.3 is 14.4 Å². The number of hydrogen-bond acceptors (Lipinski definition) is 3. The van der Waals surface area contributed by atoms with Gasteiger partial charge in [0.15, 0.2) is 6.79 Å². The van der Waals surface area contributed by atoms with Crippen molar-refractivity contribution < 1.29 is 55.8 Å². The SMILES string of the molecule is COCOc1ccc(C2=[C-]CC(Cl)C(=O)N2CC(F)F)c(Cl)c1.[Y]. The van der Waals surface area contributed by atoms with Crippen molar-refractivity contribution in [2.45, 2.75) is 18.2 Å². The Morgan fingerprint density at radius 2 is 2.17 bits per heavy atom. The molecule has 1 amide bonds. The Morgan fingerprint density at radius 3 is 2.75 bits per heavy atom. The van der Waals surface area contributed by atoms with E-state index < -0.39 is 24.3 Å².